The molecule has 3 amide bonds. The molecular weight excluding hydrogens is 214 g/mol. The number of primary amides is 1. The molecule has 88 valence electrons. The van der Waals surface area contributed by atoms with E-state index in [1.165, 1.54) is 6.39 Å². The normalized spacial score (nSPS) is 12.1. The molecule has 1 aromatic rings. The quantitative estimate of drug-likeness (QED) is 0.579. The maximum Gasteiger partial charge on any atom is 0.318 e. The van der Waals surface area contributed by atoms with Crippen LogP contribution in [0.4, 0.5) is 4.79 Å². The first-order valence-electron chi connectivity index (χ1n) is 4.68. The summed E-state index contributed by atoms with van der Waals surface area (Å²) in [6, 6.07) is -1.38. The Kier molecular flexibility index (Phi) is 4.40. The molecule has 1 atom stereocenters. The van der Waals surface area contributed by atoms with Crippen molar-refractivity contribution in [2.24, 2.45) is 5.73 Å². The summed E-state index contributed by atoms with van der Waals surface area (Å²) in [4.78, 5) is 25.4. The lowest BCUT2D eigenvalue weighted by Crippen LogP contribution is -2.46. The molecule has 0 aromatic carbocycles. The van der Waals surface area contributed by atoms with Gasteiger partial charge in [-0.2, -0.15) is 4.98 Å². The summed E-state index contributed by atoms with van der Waals surface area (Å²) in [7, 11) is 0. The van der Waals surface area contributed by atoms with Crippen LogP contribution in [0.3, 0.4) is 0 Å². The number of aromatic nitrogens is 2. The van der Waals surface area contributed by atoms with Crippen molar-refractivity contribution in [3.8, 4) is 0 Å². The van der Waals surface area contributed by atoms with Crippen LogP contribution in [0.2, 0.25) is 0 Å². The van der Waals surface area contributed by atoms with Crippen molar-refractivity contribution in [3.63, 3.8) is 0 Å². The van der Waals surface area contributed by atoms with Crippen molar-refractivity contribution in [2.45, 2.75) is 19.4 Å². The highest BCUT2D eigenvalue weighted by Gasteiger charge is 2.13. The Labute approximate surface area is 91.6 Å². The van der Waals surface area contributed by atoms with E-state index in [1.807, 2.05) is 5.32 Å². The molecule has 1 aromatic heterocycles. The van der Waals surface area contributed by atoms with E-state index in [4.69, 9.17) is 5.73 Å². The Morgan fingerprint density at radius 1 is 1.62 bits per heavy atom. The number of hydrogen-bond acceptors (Lipinski definition) is 6. The van der Waals surface area contributed by atoms with E-state index in [1.54, 1.807) is 6.92 Å². The predicted octanol–water partition coefficient (Wildman–Crippen LogP) is -1.21. The summed E-state index contributed by atoms with van der Waals surface area (Å²) in [5.41, 5.74) is 4.81. The number of urea groups is 1. The topological polar surface area (TPSA) is 123 Å². The van der Waals surface area contributed by atoms with Crippen molar-refractivity contribution in [3.05, 3.63) is 12.2 Å². The van der Waals surface area contributed by atoms with E-state index in [0.717, 1.165) is 0 Å². The molecule has 1 unspecified atom stereocenters. The first kappa shape index (κ1) is 12.1. The zero-order chi connectivity index (χ0) is 12.0. The number of rotatable bonds is 5. The highest BCUT2D eigenvalue weighted by atomic mass is 16.5. The molecule has 4 N–H and O–H groups in total. The number of nitrogens with zero attached hydrogens (tertiary/aromatic N) is 2. The Morgan fingerprint density at radius 2 is 2.38 bits per heavy atom. The molecular formula is C8H13N5O3. The molecule has 0 aliphatic rings. The fourth-order valence-corrected chi connectivity index (χ4v) is 1.03. The summed E-state index contributed by atoms with van der Waals surface area (Å²) in [5, 5.41) is 8.46. The Balaban J connectivity index is 2.22. The average Bonchev–Trinajstić information content (AvgIpc) is 2.69. The summed E-state index contributed by atoms with van der Waals surface area (Å²) >= 11 is 0. The van der Waals surface area contributed by atoms with Crippen LogP contribution >= 0.6 is 0 Å². The number of imide groups is 1. The zero-order valence-corrected chi connectivity index (χ0v) is 8.77. The van der Waals surface area contributed by atoms with Gasteiger partial charge in [-0.15, -0.1) is 0 Å². The largest absolute Gasteiger partial charge is 0.351 e. The summed E-state index contributed by atoms with van der Waals surface area (Å²) in [6.07, 6.45) is 1.77. The molecule has 1 rings (SSSR count). The van der Waals surface area contributed by atoms with E-state index in [9.17, 15) is 9.59 Å². The molecule has 0 aliphatic carbocycles. The van der Waals surface area contributed by atoms with Gasteiger partial charge in [0.25, 0.3) is 0 Å². The second-order valence-corrected chi connectivity index (χ2v) is 3.13. The standard InChI is InChI=1S/C8H13N5O3/c1-5(7(14)12-8(9)15)10-3-2-6-11-4-16-13-6/h4-5,10H,2-3H2,1H3,(H3,9,12,14,15). The predicted molar refractivity (Wildman–Crippen MR) is 53.2 cm³/mol. The molecule has 0 radical (unpaired) electrons. The van der Waals surface area contributed by atoms with E-state index in [2.05, 4.69) is 20.0 Å². The molecule has 8 nitrogen and oxygen atoms in total. The lowest BCUT2D eigenvalue weighted by atomic mass is 10.3. The van der Waals surface area contributed by atoms with Crippen molar-refractivity contribution in [2.75, 3.05) is 6.54 Å². The van der Waals surface area contributed by atoms with Gasteiger partial charge in [0.05, 0.1) is 6.04 Å². The van der Waals surface area contributed by atoms with Crippen LogP contribution in [0.25, 0.3) is 0 Å². The van der Waals surface area contributed by atoms with Gasteiger partial charge in [0.1, 0.15) is 0 Å². The first-order valence-corrected chi connectivity index (χ1v) is 4.68. The first-order chi connectivity index (χ1) is 7.59. The molecule has 16 heavy (non-hydrogen) atoms. The van der Waals surface area contributed by atoms with Crippen molar-refractivity contribution in [1.82, 2.24) is 20.8 Å². The Bertz CT molecular complexity index is 351. The molecule has 8 heteroatoms. The van der Waals surface area contributed by atoms with E-state index in [-0.39, 0.29) is 0 Å². The fourth-order valence-electron chi connectivity index (χ4n) is 1.03. The molecule has 0 bridgehead atoms. The molecule has 0 aliphatic heterocycles. The van der Waals surface area contributed by atoms with Crippen LogP contribution in [0.5, 0.6) is 0 Å². The zero-order valence-electron chi connectivity index (χ0n) is 8.77. The van der Waals surface area contributed by atoms with Gasteiger partial charge in [-0.3, -0.25) is 10.1 Å². The van der Waals surface area contributed by atoms with Crippen LogP contribution in [0.15, 0.2) is 10.9 Å². The van der Waals surface area contributed by atoms with Gasteiger partial charge in [-0.25, -0.2) is 4.79 Å². The average molecular weight is 227 g/mol. The van der Waals surface area contributed by atoms with Gasteiger partial charge >= 0.3 is 6.03 Å². The van der Waals surface area contributed by atoms with Gasteiger partial charge in [0, 0.05) is 13.0 Å². The number of amides is 3. The van der Waals surface area contributed by atoms with Crippen molar-refractivity contribution in [1.29, 1.82) is 0 Å². The molecule has 0 saturated carbocycles. The third-order valence-electron chi connectivity index (χ3n) is 1.85. The third kappa shape index (κ3) is 4.05. The van der Waals surface area contributed by atoms with E-state index < -0.39 is 18.0 Å². The minimum absolute atomic E-state index is 0.472. The van der Waals surface area contributed by atoms with Crippen LogP contribution in [-0.2, 0) is 11.2 Å². The van der Waals surface area contributed by atoms with Gasteiger partial charge in [-0.1, -0.05) is 5.16 Å². The van der Waals surface area contributed by atoms with Crippen LogP contribution in [0.1, 0.15) is 12.7 Å². The third-order valence-corrected chi connectivity index (χ3v) is 1.85. The molecule has 0 fully saturated rings. The van der Waals surface area contributed by atoms with E-state index >= 15 is 0 Å². The SMILES string of the molecule is CC(NCCc1ncon1)C(=O)NC(N)=O. The van der Waals surface area contributed by atoms with Gasteiger partial charge in [0.2, 0.25) is 12.3 Å². The maximum atomic E-state index is 11.2. The summed E-state index contributed by atoms with van der Waals surface area (Å²) < 4.78 is 4.54. The molecule has 0 saturated heterocycles. The summed E-state index contributed by atoms with van der Waals surface area (Å²) in [5.74, 6) is 0.0793. The van der Waals surface area contributed by atoms with Crippen LogP contribution in [-0.4, -0.2) is 34.7 Å². The minimum Gasteiger partial charge on any atom is -0.351 e. The molecule has 1 heterocycles. The lowest BCUT2D eigenvalue weighted by Gasteiger charge is -2.11. The maximum absolute atomic E-state index is 11.2. The smallest absolute Gasteiger partial charge is 0.318 e. The monoisotopic (exact) mass is 227 g/mol. The number of carbonyl (C=O) groups excluding carboxylic acids is 2. The highest BCUT2D eigenvalue weighted by Crippen LogP contribution is 1.89. The lowest BCUT2D eigenvalue weighted by molar-refractivity contribution is -0.121. The van der Waals surface area contributed by atoms with Gasteiger partial charge < -0.3 is 15.6 Å². The number of nitrogens with two attached hydrogens (primary N) is 1. The number of nitrogens with one attached hydrogen (secondary N) is 2. The van der Waals surface area contributed by atoms with Crippen LogP contribution in [0, 0.1) is 0 Å². The number of hydrogen-bond donors (Lipinski definition) is 3. The fraction of sp³-hybridized carbons (Fsp3) is 0.500. The van der Waals surface area contributed by atoms with Crippen molar-refractivity contribution >= 4 is 11.9 Å². The Hall–Kier alpha value is -1.96. The summed E-state index contributed by atoms with van der Waals surface area (Å²) in [6.45, 7) is 2.11. The van der Waals surface area contributed by atoms with Crippen molar-refractivity contribution < 1.29 is 14.1 Å². The minimum atomic E-state index is -0.864. The Morgan fingerprint density at radius 3 is 2.94 bits per heavy atom. The van der Waals surface area contributed by atoms with Gasteiger partial charge in [-0.05, 0) is 6.92 Å². The second-order valence-electron chi connectivity index (χ2n) is 3.13. The second kappa shape index (κ2) is 5.81. The molecule has 0 spiro atoms. The highest BCUT2D eigenvalue weighted by molar-refractivity contribution is 5.96. The van der Waals surface area contributed by atoms with Gasteiger partial charge in [0.15, 0.2) is 5.82 Å². The van der Waals surface area contributed by atoms with E-state index in [0.29, 0.717) is 18.8 Å². The van der Waals surface area contributed by atoms with Crippen LogP contribution < -0.4 is 16.4 Å². The number of carbonyl (C=O) groups is 2.